The monoisotopic (exact) mass is 311 g/mol. The van der Waals surface area contributed by atoms with E-state index in [-0.39, 0.29) is 22.6 Å². The predicted molar refractivity (Wildman–Crippen MR) is 76.8 cm³/mol. The highest BCUT2D eigenvalue weighted by Crippen LogP contribution is 2.22. The molecule has 0 aliphatic rings. The third-order valence-electron chi connectivity index (χ3n) is 2.85. The molecule has 0 saturated carbocycles. The van der Waals surface area contributed by atoms with Crippen LogP contribution >= 0.6 is 11.8 Å². The summed E-state index contributed by atoms with van der Waals surface area (Å²) in [7, 11) is 0. The molecule has 7 heteroatoms. The van der Waals surface area contributed by atoms with Crippen LogP contribution in [-0.4, -0.2) is 21.6 Å². The zero-order chi connectivity index (χ0) is 15.2. The molecule has 2 rings (SSSR count). The smallest absolute Gasteiger partial charge is 0.230 e. The number of rotatable bonds is 6. The van der Waals surface area contributed by atoms with Crippen LogP contribution in [0.3, 0.4) is 0 Å². The summed E-state index contributed by atoms with van der Waals surface area (Å²) in [6.07, 6.45) is 3.99. The Morgan fingerprint density at radius 3 is 2.90 bits per heavy atom. The minimum absolute atomic E-state index is 0.0553. The van der Waals surface area contributed by atoms with E-state index in [2.05, 4.69) is 15.3 Å². The molecule has 0 saturated heterocycles. The molecular formula is C14H15F2N3OS. The van der Waals surface area contributed by atoms with Crippen molar-refractivity contribution in [2.24, 2.45) is 0 Å². The molecule has 0 fully saturated rings. The van der Waals surface area contributed by atoms with Crippen molar-refractivity contribution in [3.8, 4) is 0 Å². The Balaban J connectivity index is 1.89. The number of hydrogen-bond donors (Lipinski definition) is 2. The van der Waals surface area contributed by atoms with Crippen molar-refractivity contribution < 1.29 is 13.6 Å². The van der Waals surface area contributed by atoms with E-state index in [9.17, 15) is 13.6 Å². The lowest BCUT2D eigenvalue weighted by atomic mass is 10.2. The van der Waals surface area contributed by atoms with Crippen molar-refractivity contribution in [2.45, 2.75) is 24.3 Å². The Morgan fingerprint density at radius 1 is 1.48 bits per heavy atom. The van der Waals surface area contributed by atoms with E-state index in [1.807, 2.05) is 6.92 Å². The van der Waals surface area contributed by atoms with Crippen molar-refractivity contribution in [1.29, 1.82) is 0 Å². The molecule has 0 spiro atoms. The van der Waals surface area contributed by atoms with Crippen molar-refractivity contribution in [2.75, 3.05) is 5.75 Å². The second kappa shape index (κ2) is 7.21. The maximum Gasteiger partial charge on any atom is 0.230 e. The second-order valence-electron chi connectivity index (χ2n) is 4.37. The fourth-order valence-electron chi connectivity index (χ4n) is 1.80. The molecule has 21 heavy (non-hydrogen) atoms. The second-order valence-corrected chi connectivity index (χ2v) is 5.38. The van der Waals surface area contributed by atoms with Gasteiger partial charge in [0.2, 0.25) is 5.91 Å². The number of carbonyl (C=O) groups is 1. The van der Waals surface area contributed by atoms with Crippen LogP contribution in [0.5, 0.6) is 0 Å². The number of imidazole rings is 1. The van der Waals surface area contributed by atoms with E-state index in [1.54, 1.807) is 12.4 Å². The van der Waals surface area contributed by atoms with Gasteiger partial charge in [0.25, 0.3) is 0 Å². The zero-order valence-corrected chi connectivity index (χ0v) is 12.2. The first-order valence-corrected chi connectivity index (χ1v) is 7.45. The van der Waals surface area contributed by atoms with Crippen LogP contribution in [-0.2, 0) is 4.79 Å². The molecule has 112 valence electrons. The Kier molecular flexibility index (Phi) is 5.32. The molecule has 1 amide bonds. The van der Waals surface area contributed by atoms with Crippen LogP contribution in [0.4, 0.5) is 8.78 Å². The first-order valence-electron chi connectivity index (χ1n) is 6.46. The van der Waals surface area contributed by atoms with Gasteiger partial charge in [0, 0.05) is 23.4 Å². The minimum Gasteiger partial charge on any atom is -0.347 e. The van der Waals surface area contributed by atoms with Gasteiger partial charge in [0.05, 0.1) is 11.8 Å². The number of H-pyrrole nitrogens is 1. The molecule has 0 bridgehead atoms. The van der Waals surface area contributed by atoms with Crippen LogP contribution in [0, 0.1) is 11.6 Å². The van der Waals surface area contributed by atoms with Crippen LogP contribution in [0.25, 0.3) is 0 Å². The van der Waals surface area contributed by atoms with Gasteiger partial charge in [-0.2, -0.15) is 0 Å². The first-order chi connectivity index (χ1) is 10.1. The predicted octanol–water partition coefficient (Wildman–Crippen LogP) is 3.05. The van der Waals surface area contributed by atoms with Crippen LogP contribution < -0.4 is 5.32 Å². The number of aromatic amines is 1. The average Bonchev–Trinajstić information content (AvgIpc) is 2.98. The fourth-order valence-corrected chi connectivity index (χ4v) is 2.53. The van der Waals surface area contributed by atoms with Crippen molar-refractivity contribution in [3.63, 3.8) is 0 Å². The molecule has 0 radical (unpaired) electrons. The number of hydrogen-bond acceptors (Lipinski definition) is 3. The van der Waals surface area contributed by atoms with Gasteiger partial charge in [-0.3, -0.25) is 4.79 Å². The number of aromatic nitrogens is 2. The third-order valence-corrected chi connectivity index (χ3v) is 3.89. The first kappa shape index (κ1) is 15.5. The van der Waals surface area contributed by atoms with Gasteiger partial charge in [-0.1, -0.05) is 6.92 Å². The lowest BCUT2D eigenvalue weighted by Gasteiger charge is -2.14. The van der Waals surface area contributed by atoms with E-state index >= 15 is 0 Å². The summed E-state index contributed by atoms with van der Waals surface area (Å²) in [5.41, 5.74) is 0. The highest BCUT2D eigenvalue weighted by atomic mass is 32.2. The normalized spacial score (nSPS) is 12.1. The number of nitrogens with one attached hydrogen (secondary N) is 2. The molecule has 1 heterocycles. The lowest BCUT2D eigenvalue weighted by Crippen LogP contribution is -2.30. The molecule has 2 aromatic rings. The van der Waals surface area contributed by atoms with E-state index in [0.29, 0.717) is 12.2 Å². The quantitative estimate of drug-likeness (QED) is 0.806. The number of carbonyl (C=O) groups excluding carboxylic acids is 1. The Labute approximate surface area is 125 Å². The molecule has 2 N–H and O–H groups in total. The largest absolute Gasteiger partial charge is 0.347 e. The fraction of sp³-hybridized carbons (Fsp3) is 0.286. The molecule has 1 aromatic carbocycles. The third kappa shape index (κ3) is 4.29. The topological polar surface area (TPSA) is 57.8 Å². The number of thioether (sulfide) groups is 1. The zero-order valence-electron chi connectivity index (χ0n) is 11.4. The van der Waals surface area contributed by atoms with Gasteiger partial charge < -0.3 is 10.3 Å². The number of amides is 1. The highest BCUT2D eigenvalue weighted by Gasteiger charge is 2.15. The maximum absolute atomic E-state index is 13.4. The molecule has 4 nitrogen and oxygen atoms in total. The standard InChI is InChI=1S/C14H15F2N3OS/c1-2-11(14-17-5-6-18-14)19-13(20)8-21-12-4-3-9(15)7-10(12)16/h3-7,11H,2,8H2,1H3,(H,17,18)(H,19,20). The summed E-state index contributed by atoms with van der Waals surface area (Å²) in [4.78, 5) is 19.2. The van der Waals surface area contributed by atoms with E-state index in [0.717, 1.165) is 17.8 Å². The molecule has 1 aromatic heterocycles. The maximum atomic E-state index is 13.4. The van der Waals surface area contributed by atoms with Gasteiger partial charge in [-0.05, 0) is 18.6 Å². The van der Waals surface area contributed by atoms with Gasteiger partial charge >= 0.3 is 0 Å². The Morgan fingerprint density at radius 2 is 2.29 bits per heavy atom. The summed E-state index contributed by atoms with van der Waals surface area (Å²) in [6, 6.07) is 3.09. The van der Waals surface area contributed by atoms with E-state index < -0.39 is 11.6 Å². The van der Waals surface area contributed by atoms with Crippen LogP contribution in [0.1, 0.15) is 25.2 Å². The summed E-state index contributed by atoms with van der Waals surface area (Å²) in [6.45, 7) is 1.93. The SMILES string of the molecule is CCC(NC(=O)CSc1ccc(F)cc1F)c1ncc[nH]1. The molecule has 0 aliphatic carbocycles. The van der Waals surface area contributed by atoms with Crippen molar-refractivity contribution >= 4 is 17.7 Å². The molecule has 1 atom stereocenters. The van der Waals surface area contributed by atoms with Crippen molar-refractivity contribution in [3.05, 3.63) is 48.1 Å². The van der Waals surface area contributed by atoms with Crippen molar-refractivity contribution in [1.82, 2.24) is 15.3 Å². The number of benzene rings is 1. The van der Waals surface area contributed by atoms with E-state index in [4.69, 9.17) is 0 Å². The summed E-state index contributed by atoms with van der Waals surface area (Å²) in [5.74, 6) is -0.786. The molecular weight excluding hydrogens is 296 g/mol. The van der Waals surface area contributed by atoms with Crippen LogP contribution in [0.2, 0.25) is 0 Å². The molecule has 1 unspecified atom stereocenters. The van der Waals surface area contributed by atoms with E-state index in [1.165, 1.54) is 12.1 Å². The van der Waals surface area contributed by atoms with Gasteiger partial charge in [0.15, 0.2) is 0 Å². The summed E-state index contributed by atoms with van der Waals surface area (Å²) >= 11 is 1.03. The summed E-state index contributed by atoms with van der Waals surface area (Å²) < 4.78 is 26.2. The van der Waals surface area contributed by atoms with Gasteiger partial charge in [0.1, 0.15) is 17.5 Å². The highest BCUT2D eigenvalue weighted by molar-refractivity contribution is 8.00. The molecule has 0 aliphatic heterocycles. The lowest BCUT2D eigenvalue weighted by molar-refractivity contribution is -0.119. The summed E-state index contributed by atoms with van der Waals surface area (Å²) in [5, 5.41) is 2.82. The Bertz CT molecular complexity index is 604. The number of halogens is 2. The number of nitrogens with zero attached hydrogens (tertiary/aromatic N) is 1. The van der Waals surface area contributed by atoms with Crippen LogP contribution in [0.15, 0.2) is 35.5 Å². The average molecular weight is 311 g/mol. The van der Waals surface area contributed by atoms with Gasteiger partial charge in [-0.15, -0.1) is 11.8 Å². The van der Waals surface area contributed by atoms with Gasteiger partial charge in [-0.25, -0.2) is 13.8 Å². The Hall–Kier alpha value is -1.89. The minimum atomic E-state index is -0.661.